The molecule has 0 radical (unpaired) electrons. The van der Waals surface area contributed by atoms with Gasteiger partial charge in [0.15, 0.2) is 0 Å². The quantitative estimate of drug-likeness (QED) is 0.631. The zero-order valence-corrected chi connectivity index (χ0v) is 6.96. The summed E-state index contributed by atoms with van der Waals surface area (Å²) in [5.74, 6) is 0. The van der Waals surface area contributed by atoms with Crippen LogP contribution in [-0.4, -0.2) is 6.29 Å². The summed E-state index contributed by atoms with van der Waals surface area (Å²) >= 11 is 0. The van der Waals surface area contributed by atoms with Gasteiger partial charge in [-0.2, -0.15) is 0 Å². The van der Waals surface area contributed by atoms with Gasteiger partial charge in [0.2, 0.25) is 0 Å². The van der Waals surface area contributed by atoms with Crippen molar-refractivity contribution in [1.29, 1.82) is 0 Å². The smallest absolute Gasteiger partial charge is 0.132 e. The standard InChI is InChI=1S/C10H11FO/c1-8-3-2-4-9(7-8)10(11)5-6-12/h2-4,6-7,10H,5H2,1H3. The SMILES string of the molecule is Cc1cccc(C(F)CC=O)c1. The lowest BCUT2D eigenvalue weighted by Crippen LogP contribution is -1.92. The second-order valence-corrected chi connectivity index (χ2v) is 2.78. The Bertz CT molecular complexity index is 270. The number of benzene rings is 1. The average Bonchev–Trinajstić information content (AvgIpc) is 2.05. The minimum atomic E-state index is -1.15. The van der Waals surface area contributed by atoms with Crippen molar-refractivity contribution in [1.82, 2.24) is 0 Å². The van der Waals surface area contributed by atoms with Gasteiger partial charge in [0.25, 0.3) is 0 Å². The first kappa shape index (κ1) is 8.91. The van der Waals surface area contributed by atoms with Crippen molar-refractivity contribution in [2.75, 3.05) is 0 Å². The second kappa shape index (κ2) is 4.00. The van der Waals surface area contributed by atoms with E-state index in [2.05, 4.69) is 0 Å². The number of halogens is 1. The molecule has 0 saturated carbocycles. The fourth-order valence-electron chi connectivity index (χ4n) is 1.09. The Morgan fingerprint density at radius 2 is 2.33 bits per heavy atom. The summed E-state index contributed by atoms with van der Waals surface area (Å²) in [7, 11) is 0. The topological polar surface area (TPSA) is 17.1 Å². The summed E-state index contributed by atoms with van der Waals surface area (Å²) in [4.78, 5) is 10.0. The molecule has 0 heterocycles. The predicted octanol–water partition coefficient (Wildman–Crippen LogP) is 2.59. The van der Waals surface area contributed by atoms with Crippen LogP contribution >= 0.6 is 0 Å². The molecule has 1 rings (SSSR count). The molecule has 1 aromatic carbocycles. The second-order valence-electron chi connectivity index (χ2n) is 2.78. The first-order valence-electron chi connectivity index (χ1n) is 3.88. The van der Waals surface area contributed by atoms with E-state index < -0.39 is 6.17 Å². The van der Waals surface area contributed by atoms with Crippen LogP contribution in [0.3, 0.4) is 0 Å². The molecule has 0 aromatic heterocycles. The van der Waals surface area contributed by atoms with Crippen LogP contribution in [0.1, 0.15) is 23.7 Å². The summed E-state index contributed by atoms with van der Waals surface area (Å²) in [6, 6.07) is 7.15. The third kappa shape index (κ3) is 2.16. The van der Waals surface area contributed by atoms with Gasteiger partial charge in [-0.3, -0.25) is 0 Å². The average molecular weight is 166 g/mol. The molecule has 1 nitrogen and oxygen atoms in total. The number of rotatable bonds is 3. The van der Waals surface area contributed by atoms with E-state index in [9.17, 15) is 9.18 Å². The van der Waals surface area contributed by atoms with Gasteiger partial charge in [0.05, 0.1) is 0 Å². The number of aldehydes is 1. The van der Waals surface area contributed by atoms with E-state index in [0.717, 1.165) is 5.56 Å². The molecular formula is C10H11FO. The van der Waals surface area contributed by atoms with Gasteiger partial charge < -0.3 is 4.79 Å². The minimum absolute atomic E-state index is 0.0521. The molecule has 1 unspecified atom stereocenters. The molecule has 0 fully saturated rings. The summed E-state index contributed by atoms with van der Waals surface area (Å²) in [6.45, 7) is 1.90. The normalized spacial score (nSPS) is 12.5. The molecule has 0 amide bonds. The third-order valence-electron chi connectivity index (χ3n) is 1.71. The molecule has 0 aliphatic rings. The van der Waals surface area contributed by atoms with Crippen molar-refractivity contribution in [3.05, 3.63) is 35.4 Å². The third-order valence-corrected chi connectivity index (χ3v) is 1.71. The molecule has 0 saturated heterocycles. The Labute approximate surface area is 71.2 Å². The largest absolute Gasteiger partial charge is 0.303 e. The van der Waals surface area contributed by atoms with Crippen LogP contribution in [0.25, 0.3) is 0 Å². The first-order valence-corrected chi connectivity index (χ1v) is 3.88. The lowest BCUT2D eigenvalue weighted by Gasteiger charge is -2.04. The Morgan fingerprint density at radius 1 is 1.58 bits per heavy atom. The van der Waals surface area contributed by atoms with Crippen LogP contribution in [0.15, 0.2) is 24.3 Å². The molecule has 0 spiro atoms. The van der Waals surface area contributed by atoms with Crippen LogP contribution < -0.4 is 0 Å². The number of aryl methyl sites for hydroxylation is 1. The van der Waals surface area contributed by atoms with E-state index in [1.54, 1.807) is 18.2 Å². The van der Waals surface area contributed by atoms with Crippen LogP contribution in [-0.2, 0) is 4.79 Å². The number of hydrogen-bond donors (Lipinski definition) is 0. The van der Waals surface area contributed by atoms with Crippen LogP contribution in [0.2, 0.25) is 0 Å². The van der Waals surface area contributed by atoms with Crippen molar-refractivity contribution in [3.63, 3.8) is 0 Å². The highest BCUT2D eigenvalue weighted by atomic mass is 19.1. The summed E-state index contributed by atoms with van der Waals surface area (Å²) in [6.07, 6.45) is -0.599. The van der Waals surface area contributed by atoms with Gasteiger partial charge in [0.1, 0.15) is 12.5 Å². The number of hydrogen-bond acceptors (Lipinski definition) is 1. The summed E-state index contributed by atoms with van der Waals surface area (Å²) in [5, 5.41) is 0. The lowest BCUT2D eigenvalue weighted by atomic mass is 10.1. The van der Waals surface area contributed by atoms with Crippen LogP contribution in [0, 0.1) is 6.92 Å². The van der Waals surface area contributed by atoms with Crippen molar-refractivity contribution in [3.8, 4) is 0 Å². The molecule has 0 aliphatic heterocycles. The van der Waals surface area contributed by atoms with Gasteiger partial charge in [-0.1, -0.05) is 29.8 Å². The fraction of sp³-hybridized carbons (Fsp3) is 0.300. The Kier molecular flexibility index (Phi) is 2.97. The van der Waals surface area contributed by atoms with Crippen molar-refractivity contribution in [2.24, 2.45) is 0 Å². The van der Waals surface area contributed by atoms with Gasteiger partial charge in [-0.25, -0.2) is 4.39 Å². The molecule has 0 N–H and O–H groups in total. The molecule has 0 aliphatic carbocycles. The van der Waals surface area contributed by atoms with E-state index in [1.807, 2.05) is 13.0 Å². The maximum Gasteiger partial charge on any atom is 0.132 e. The minimum Gasteiger partial charge on any atom is -0.303 e. The Balaban J connectivity index is 2.80. The number of carbonyl (C=O) groups excluding carboxylic acids is 1. The highest BCUT2D eigenvalue weighted by Crippen LogP contribution is 2.20. The molecule has 1 atom stereocenters. The highest BCUT2D eigenvalue weighted by Gasteiger charge is 2.07. The van der Waals surface area contributed by atoms with Crippen molar-refractivity contribution < 1.29 is 9.18 Å². The lowest BCUT2D eigenvalue weighted by molar-refractivity contribution is -0.108. The van der Waals surface area contributed by atoms with E-state index in [-0.39, 0.29) is 6.42 Å². The van der Waals surface area contributed by atoms with Crippen LogP contribution in [0.4, 0.5) is 4.39 Å². The van der Waals surface area contributed by atoms with Gasteiger partial charge in [-0.15, -0.1) is 0 Å². The molecule has 12 heavy (non-hydrogen) atoms. The summed E-state index contributed by atoms with van der Waals surface area (Å²) < 4.78 is 13.1. The highest BCUT2D eigenvalue weighted by molar-refractivity contribution is 5.51. The summed E-state index contributed by atoms with van der Waals surface area (Å²) in [5.41, 5.74) is 1.60. The Morgan fingerprint density at radius 3 is 2.92 bits per heavy atom. The van der Waals surface area contributed by atoms with Gasteiger partial charge in [-0.05, 0) is 12.5 Å². The maximum atomic E-state index is 13.1. The van der Waals surface area contributed by atoms with Crippen molar-refractivity contribution >= 4 is 6.29 Å². The van der Waals surface area contributed by atoms with Crippen LogP contribution in [0.5, 0.6) is 0 Å². The Hall–Kier alpha value is -1.18. The van der Waals surface area contributed by atoms with E-state index in [4.69, 9.17) is 0 Å². The number of carbonyl (C=O) groups is 1. The zero-order valence-electron chi connectivity index (χ0n) is 6.96. The fourth-order valence-corrected chi connectivity index (χ4v) is 1.09. The molecule has 64 valence electrons. The van der Waals surface area contributed by atoms with E-state index in [0.29, 0.717) is 11.8 Å². The number of alkyl halides is 1. The first-order chi connectivity index (χ1) is 5.74. The van der Waals surface area contributed by atoms with Gasteiger partial charge >= 0.3 is 0 Å². The van der Waals surface area contributed by atoms with E-state index >= 15 is 0 Å². The van der Waals surface area contributed by atoms with E-state index in [1.165, 1.54) is 0 Å². The molecule has 0 bridgehead atoms. The van der Waals surface area contributed by atoms with Gasteiger partial charge in [0, 0.05) is 6.42 Å². The zero-order chi connectivity index (χ0) is 8.97. The molecular weight excluding hydrogens is 155 g/mol. The molecule has 2 heteroatoms. The monoisotopic (exact) mass is 166 g/mol. The molecule has 1 aromatic rings. The predicted molar refractivity (Wildman–Crippen MR) is 45.7 cm³/mol. The van der Waals surface area contributed by atoms with Crippen molar-refractivity contribution in [2.45, 2.75) is 19.5 Å². The maximum absolute atomic E-state index is 13.1.